The molecule has 0 aliphatic heterocycles. The predicted molar refractivity (Wildman–Crippen MR) is 160 cm³/mol. The summed E-state index contributed by atoms with van der Waals surface area (Å²) in [7, 11) is 0. The molecule has 242 valence electrons. The number of ether oxygens (including phenoxy) is 6. The van der Waals surface area contributed by atoms with Gasteiger partial charge in [-0.05, 0) is 49.6 Å². The number of carboxylic acids is 1. The quantitative estimate of drug-likeness (QED) is 0.0821. The molecule has 0 spiro atoms. The van der Waals surface area contributed by atoms with E-state index in [4.69, 9.17) is 34.2 Å². The molecule has 0 amide bonds. The Kier molecular flexibility index (Phi) is 15.5. The van der Waals surface area contributed by atoms with Gasteiger partial charge < -0.3 is 39.3 Å². The Morgan fingerprint density at radius 1 is 0.750 bits per heavy atom. The molecule has 2 aromatic rings. The van der Waals surface area contributed by atoms with E-state index in [0.29, 0.717) is 18.4 Å². The standard InChI is InChI=1S/C32H43NO11/c1-5-7-12-18-39-30(36)43-25-17-16-23(20-26(25)44-31(37)40-19-13-8-6-2)27(28(33)29(34)35)21(3)22(4)41-32(38)42-24-14-10-9-11-15-24/h9-11,14-17,20-22,27-28H,5-8,12-13,18-19,33H2,1-4H3,(H,34,35)/t21?,22?,27?,28-/m0/s1. The van der Waals surface area contributed by atoms with Crippen LogP contribution < -0.4 is 19.9 Å². The Hall–Kier alpha value is -4.32. The number of benzene rings is 2. The van der Waals surface area contributed by atoms with Gasteiger partial charge in [-0.3, -0.25) is 4.79 Å². The number of carbonyl (C=O) groups excluding carboxylic acids is 3. The Bertz CT molecular complexity index is 1200. The van der Waals surface area contributed by atoms with Crippen LogP contribution in [-0.2, 0) is 19.0 Å². The molecule has 4 atom stereocenters. The van der Waals surface area contributed by atoms with Gasteiger partial charge in [0.15, 0.2) is 11.5 Å². The first-order valence-corrected chi connectivity index (χ1v) is 14.8. The van der Waals surface area contributed by atoms with Crippen molar-refractivity contribution in [2.45, 2.75) is 84.3 Å². The minimum absolute atomic E-state index is 0.125. The molecule has 3 unspecified atom stereocenters. The molecule has 44 heavy (non-hydrogen) atoms. The van der Waals surface area contributed by atoms with E-state index >= 15 is 0 Å². The average molecular weight is 618 g/mol. The Morgan fingerprint density at radius 3 is 1.86 bits per heavy atom. The number of aliphatic carboxylic acids is 1. The maximum Gasteiger partial charge on any atom is 0.514 e. The molecule has 0 radical (unpaired) electrons. The summed E-state index contributed by atoms with van der Waals surface area (Å²) in [6.45, 7) is 7.53. The highest BCUT2D eigenvalue weighted by Gasteiger charge is 2.36. The van der Waals surface area contributed by atoms with E-state index < -0.39 is 48.4 Å². The number of carboxylic acid groups (broad SMARTS) is 1. The first-order chi connectivity index (χ1) is 21.1. The average Bonchev–Trinajstić information content (AvgIpc) is 2.99. The fourth-order valence-electron chi connectivity index (χ4n) is 4.30. The molecule has 12 heteroatoms. The minimum Gasteiger partial charge on any atom is -0.480 e. The molecule has 2 aromatic carbocycles. The topological polar surface area (TPSA) is 170 Å². The Morgan fingerprint density at radius 2 is 1.32 bits per heavy atom. The van der Waals surface area contributed by atoms with E-state index in [0.717, 1.165) is 25.7 Å². The van der Waals surface area contributed by atoms with Crippen molar-refractivity contribution < 1.29 is 52.7 Å². The highest BCUT2D eigenvalue weighted by Crippen LogP contribution is 2.37. The summed E-state index contributed by atoms with van der Waals surface area (Å²) in [6.07, 6.45) is 1.01. The molecule has 12 nitrogen and oxygen atoms in total. The van der Waals surface area contributed by atoms with Gasteiger partial charge in [-0.25, -0.2) is 14.4 Å². The summed E-state index contributed by atoms with van der Waals surface area (Å²) in [6, 6.07) is 11.0. The second-order valence-electron chi connectivity index (χ2n) is 10.3. The zero-order chi connectivity index (χ0) is 32.5. The monoisotopic (exact) mass is 617 g/mol. The predicted octanol–water partition coefficient (Wildman–Crippen LogP) is 6.83. The number of unbranched alkanes of at least 4 members (excludes halogenated alkanes) is 4. The zero-order valence-electron chi connectivity index (χ0n) is 25.7. The number of rotatable bonds is 17. The normalized spacial score (nSPS) is 13.5. The first kappa shape index (κ1) is 35.9. The SMILES string of the molecule is CCCCCOC(=O)Oc1ccc(C(C(C)C(C)OC(=O)Oc2ccccc2)[C@H](N)C(=O)O)cc1OC(=O)OCCCCC. The molecule has 0 heterocycles. The summed E-state index contributed by atoms with van der Waals surface area (Å²) in [5.41, 5.74) is 6.44. The van der Waals surface area contributed by atoms with Crippen LogP contribution in [0.25, 0.3) is 0 Å². The number of carbonyl (C=O) groups is 4. The van der Waals surface area contributed by atoms with Crippen molar-refractivity contribution in [3.05, 3.63) is 54.1 Å². The van der Waals surface area contributed by atoms with Gasteiger partial charge in [0.2, 0.25) is 0 Å². The van der Waals surface area contributed by atoms with Crippen LogP contribution in [0.15, 0.2) is 48.5 Å². The van der Waals surface area contributed by atoms with Gasteiger partial charge in [0.25, 0.3) is 0 Å². The van der Waals surface area contributed by atoms with Gasteiger partial charge in [0, 0.05) is 11.8 Å². The maximum absolute atomic E-state index is 12.5. The summed E-state index contributed by atoms with van der Waals surface area (Å²) in [5.74, 6) is -3.02. The fraction of sp³-hybridized carbons (Fsp3) is 0.500. The van der Waals surface area contributed by atoms with E-state index in [-0.39, 0.29) is 30.5 Å². The lowest BCUT2D eigenvalue weighted by atomic mass is 9.79. The van der Waals surface area contributed by atoms with Crippen LogP contribution in [0.5, 0.6) is 17.2 Å². The van der Waals surface area contributed by atoms with E-state index in [2.05, 4.69) is 0 Å². The van der Waals surface area contributed by atoms with E-state index in [1.54, 1.807) is 44.2 Å². The summed E-state index contributed by atoms with van der Waals surface area (Å²) >= 11 is 0. The summed E-state index contributed by atoms with van der Waals surface area (Å²) < 4.78 is 31.6. The van der Waals surface area contributed by atoms with Crippen LogP contribution in [0.1, 0.15) is 77.7 Å². The number of hydrogen-bond acceptors (Lipinski definition) is 11. The van der Waals surface area contributed by atoms with Gasteiger partial charge in [0.05, 0.1) is 13.2 Å². The van der Waals surface area contributed by atoms with E-state index in [9.17, 15) is 24.3 Å². The van der Waals surface area contributed by atoms with E-state index in [1.165, 1.54) is 18.2 Å². The first-order valence-electron chi connectivity index (χ1n) is 14.8. The van der Waals surface area contributed by atoms with Crippen LogP contribution in [0.2, 0.25) is 0 Å². The third-order valence-corrected chi connectivity index (χ3v) is 6.88. The Labute approximate surface area is 257 Å². The molecule has 0 aliphatic carbocycles. The Balaban J connectivity index is 2.32. The molecular formula is C32H43NO11. The molecule has 0 bridgehead atoms. The van der Waals surface area contributed by atoms with Gasteiger partial charge in [-0.2, -0.15) is 0 Å². The van der Waals surface area contributed by atoms with Crippen molar-refractivity contribution in [2.75, 3.05) is 13.2 Å². The van der Waals surface area contributed by atoms with Crippen molar-refractivity contribution in [1.29, 1.82) is 0 Å². The second-order valence-corrected chi connectivity index (χ2v) is 10.3. The maximum atomic E-state index is 12.5. The zero-order valence-corrected chi connectivity index (χ0v) is 25.7. The molecule has 0 aliphatic rings. The third kappa shape index (κ3) is 12.1. The highest BCUT2D eigenvalue weighted by atomic mass is 16.7. The molecule has 2 rings (SSSR count). The summed E-state index contributed by atoms with van der Waals surface area (Å²) in [5, 5.41) is 9.82. The molecule has 0 saturated heterocycles. The smallest absolute Gasteiger partial charge is 0.480 e. The molecule has 0 saturated carbocycles. The third-order valence-electron chi connectivity index (χ3n) is 6.88. The summed E-state index contributed by atoms with van der Waals surface area (Å²) in [4.78, 5) is 49.3. The highest BCUT2D eigenvalue weighted by molar-refractivity contribution is 5.75. The van der Waals surface area contributed by atoms with Gasteiger partial charge in [-0.1, -0.05) is 70.7 Å². The van der Waals surface area contributed by atoms with E-state index in [1.807, 2.05) is 13.8 Å². The van der Waals surface area contributed by atoms with Crippen molar-refractivity contribution in [3.8, 4) is 17.2 Å². The molecule has 3 N–H and O–H groups in total. The number of para-hydroxylation sites is 1. The van der Waals surface area contributed by atoms with Gasteiger partial charge >= 0.3 is 24.4 Å². The number of hydrogen-bond donors (Lipinski definition) is 2. The minimum atomic E-state index is -1.45. The second kappa shape index (κ2) is 19.1. The van der Waals surface area contributed by atoms with Gasteiger partial charge in [-0.15, -0.1) is 0 Å². The fourth-order valence-corrected chi connectivity index (χ4v) is 4.30. The van der Waals surface area contributed by atoms with Gasteiger partial charge in [0.1, 0.15) is 17.9 Å². The van der Waals surface area contributed by atoms with Crippen molar-refractivity contribution >= 4 is 24.4 Å². The lowest BCUT2D eigenvalue weighted by Crippen LogP contribution is -2.43. The molecule has 0 aromatic heterocycles. The molecular weight excluding hydrogens is 574 g/mol. The van der Waals surface area contributed by atoms with Crippen LogP contribution in [0.4, 0.5) is 14.4 Å². The van der Waals surface area contributed by atoms with Crippen LogP contribution in [0, 0.1) is 5.92 Å². The lowest BCUT2D eigenvalue weighted by Gasteiger charge is -2.31. The van der Waals surface area contributed by atoms with Crippen molar-refractivity contribution in [2.24, 2.45) is 11.7 Å². The van der Waals surface area contributed by atoms with Crippen LogP contribution in [-0.4, -0.2) is 54.9 Å². The van der Waals surface area contributed by atoms with Crippen molar-refractivity contribution in [3.63, 3.8) is 0 Å². The lowest BCUT2D eigenvalue weighted by molar-refractivity contribution is -0.139. The van der Waals surface area contributed by atoms with Crippen LogP contribution in [0.3, 0.4) is 0 Å². The van der Waals surface area contributed by atoms with Crippen LogP contribution >= 0.6 is 0 Å². The largest absolute Gasteiger partial charge is 0.514 e. The number of nitrogens with two attached hydrogens (primary N) is 1. The van der Waals surface area contributed by atoms with Crippen molar-refractivity contribution in [1.82, 2.24) is 0 Å². The molecule has 0 fully saturated rings.